The van der Waals surface area contributed by atoms with Crippen LogP contribution in [-0.2, 0) is 19.0 Å². The van der Waals surface area contributed by atoms with Crippen LogP contribution in [0.2, 0.25) is 0 Å². The van der Waals surface area contributed by atoms with Gasteiger partial charge < -0.3 is 19.1 Å². The molecule has 0 N–H and O–H groups in total. The second-order valence-electron chi connectivity index (χ2n) is 5.34. The van der Waals surface area contributed by atoms with Crippen LogP contribution in [0.25, 0.3) is 0 Å². The lowest BCUT2D eigenvalue weighted by Crippen LogP contribution is -2.37. The van der Waals surface area contributed by atoms with Gasteiger partial charge in [0.15, 0.2) is 0 Å². The number of esters is 1. The Morgan fingerprint density at radius 1 is 1.48 bits per heavy atom. The predicted octanol–water partition coefficient (Wildman–Crippen LogP) is 2.39. The number of morpholine rings is 1. The monoisotopic (exact) mass is 338 g/mol. The molecule has 0 bridgehead atoms. The van der Waals surface area contributed by atoms with Crippen LogP contribution in [0.15, 0.2) is 22.1 Å². The van der Waals surface area contributed by atoms with Crippen molar-refractivity contribution < 1.29 is 19.0 Å². The van der Waals surface area contributed by atoms with Crippen molar-refractivity contribution in [1.82, 2.24) is 4.90 Å². The predicted molar refractivity (Wildman–Crippen MR) is 87.1 cm³/mol. The van der Waals surface area contributed by atoms with Gasteiger partial charge in [-0.15, -0.1) is 11.8 Å². The van der Waals surface area contributed by atoms with Crippen LogP contribution in [0.1, 0.15) is 27.2 Å². The second kappa shape index (κ2) is 8.27. The average molecular weight is 338 g/mol. The first kappa shape index (κ1) is 17.7. The van der Waals surface area contributed by atoms with Crippen LogP contribution in [0.4, 0.5) is 0 Å². The standard InChI is InChI=1S/C16H22N2O4S/c1-4-21-16(19)14-12(3)22-15(18-5-7-20-8-6-18)13(10-17)9-11(2)23-14/h11H,4-9H2,1-3H3/b14-12-,15-13+. The smallest absolute Gasteiger partial charge is 0.348 e. The summed E-state index contributed by atoms with van der Waals surface area (Å²) in [4.78, 5) is 14.6. The van der Waals surface area contributed by atoms with Gasteiger partial charge in [0.25, 0.3) is 0 Å². The summed E-state index contributed by atoms with van der Waals surface area (Å²) in [6, 6.07) is 2.26. The van der Waals surface area contributed by atoms with Crippen LogP contribution in [0, 0.1) is 11.3 Å². The zero-order valence-electron chi connectivity index (χ0n) is 13.8. The van der Waals surface area contributed by atoms with Crippen molar-refractivity contribution in [1.29, 1.82) is 5.26 Å². The lowest BCUT2D eigenvalue weighted by molar-refractivity contribution is -0.137. The van der Waals surface area contributed by atoms with Crippen molar-refractivity contribution in [2.75, 3.05) is 32.9 Å². The number of carbonyl (C=O) groups is 1. The molecular formula is C16H22N2O4S. The zero-order chi connectivity index (χ0) is 16.8. The fraction of sp³-hybridized carbons (Fsp3) is 0.625. The number of ether oxygens (including phenoxy) is 3. The highest BCUT2D eigenvalue weighted by molar-refractivity contribution is 8.04. The van der Waals surface area contributed by atoms with Gasteiger partial charge in [-0.25, -0.2) is 4.79 Å². The molecule has 6 nitrogen and oxygen atoms in total. The molecule has 126 valence electrons. The number of thioether (sulfide) groups is 1. The highest BCUT2D eigenvalue weighted by atomic mass is 32.2. The highest BCUT2D eigenvalue weighted by Crippen LogP contribution is 2.35. The van der Waals surface area contributed by atoms with Gasteiger partial charge in [0.1, 0.15) is 16.7 Å². The molecule has 0 aromatic carbocycles. The Labute approximate surface area is 141 Å². The number of carbonyl (C=O) groups excluding carboxylic acids is 1. The lowest BCUT2D eigenvalue weighted by atomic mass is 10.1. The molecule has 2 aliphatic heterocycles. The molecule has 0 radical (unpaired) electrons. The SMILES string of the molecule is CCOC(=O)/C1=C(\C)O/C(N2CCOCC2)=C(/C#N)CC(C)S1. The highest BCUT2D eigenvalue weighted by Gasteiger charge is 2.28. The molecule has 2 heterocycles. The molecule has 1 saturated heterocycles. The number of hydrogen-bond donors (Lipinski definition) is 0. The van der Waals surface area contributed by atoms with Crippen molar-refractivity contribution in [2.24, 2.45) is 0 Å². The summed E-state index contributed by atoms with van der Waals surface area (Å²) in [5.74, 6) is 0.653. The molecule has 2 rings (SSSR count). The zero-order valence-corrected chi connectivity index (χ0v) is 14.6. The minimum absolute atomic E-state index is 0.0824. The Hall–Kier alpha value is -1.65. The van der Waals surface area contributed by atoms with Crippen LogP contribution >= 0.6 is 11.8 Å². The van der Waals surface area contributed by atoms with Gasteiger partial charge in [-0.1, -0.05) is 6.92 Å². The van der Waals surface area contributed by atoms with E-state index < -0.39 is 0 Å². The summed E-state index contributed by atoms with van der Waals surface area (Å²) in [6.45, 7) is 8.38. The third-order valence-electron chi connectivity index (χ3n) is 3.53. The van der Waals surface area contributed by atoms with Crippen molar-refractivity contribution in [2.45, 2.75) is 32.4 Å². The molecule has 0 amide bonds. The Balaban J connectivity index is 2.36. The molecular weight excluding hydrogens is 316 g/mol. The van der Waals surface area contributed by atoms with Gasteiger partial charge in [-0.2, -0.15) is 5.26 Å². The molecule has 0 aromatic heterocycles. The molecule has 1 fully saturated rings. The molecule has 0 saturated carbocycles. The number of nitrogens with zero attached hydrogens (tertiary/aromatic N) is 2. The topological polar surface area (TPSA) is 71.8 Å². The van der Waals surface area contributed by atoms with Gasteiger partial charge in [0.2, 0.25) is 5.88 Å². The molecule has 0 aliphatic carbocycles. The van der Waals surface area contributed by atoms with E-state index in [0.29, 0.717) is 61.5 Å². The molecule has 1 unspecified atom stereocenters. The third-order valence-corrected chi connectivity index (χ3v) is 4.79. The van der Waals surface area contributed by atoms with E-state index in [2.05, 4.69) is 6.07 Å². The van der Waals surface area contributed by atoms with Crippen molar-refractivity contribution in [3.63, 3.8) is 0 Å². The van der Waals surface area contributed by atoms with E-state index in [1.165, 1.54) is 11.8 Å². The van der Waals surface area contributed by atoms with Crippen LogP contribution in [0.3, 0.4) is 0 Å². The van der Waals surface area contributed by atoms with Crippen LogP contribution < -0.4 is 0 Å². The number of hydrogen-bond acceptors (Lipinski definition) is 7. The maximum absolute atomic E-state index is 12.2. The van der Waals surface area contributed by atoms with Gasteiger partial charge in [-0.05, 0) is 20.3 Å². The first-order valence-corrected chi connectivity index (χ1v) is 8.63. The van der Waals surface area contributed by atoms with Gasteiger partial charge in [-0.3, -0.25) is 0 Å². The summed E-state index contributed by atoms with van der Waals surface area (Å²) in [7, 11) is 0. The molecule has 0 aromatic rings. The van der Waals surface area contributed by atoms with Crippen molar-refractivity contribution in [3.8, 4) is 6.07 Å². The summed E-state index contributed by atoms with van der Waals surface area (Å²) in [5.41, 5.74) is 0.606. The van der Waals surface area contributed by atoms with E-state index in [-0.39, 0.29) is 11.2 Å². The number of allylic oxidation sites excluding steroid dienone is 2. The number of nitriles is 1. The summed E-state index contributed by atoms with van der Waals surface area (Å²) >= 11 is 1.40. The molecule has 0 spiro atoms. The second-order valence-corrected chi connectivity index (χ2v) is 6.78. The van der Waals surface area contributed by atoms with E-state index >= 15 is 0 Å². The maximum atomic E-state index is 12.2. The Morgan fingerprint density at radius 3 is 2.78 bits per heavy atom. The van der Waals surface area contributed by atoms with Gasteiger partial charge >= 0.3 is 5.97 Å². The third kappa shape index (κ3) is 4.43. The minimum atomic E-state index is -0.372. The Kier molecular flexibility index (Phi) is 6.37. The fourth-order valence-corrected chi connectivity index (χ4v) is 3.47. The Bertz CT molecular complexity index is 559. The normalized spacial score (nSPS) is 29.1. The van der Waals surface area contributed by atoms with Gasteiger partial charge in [0.05, 0.1) is 25.4 Å². The molecule has 1 atom stereocenters. The van der Waals surface area contributed by atoms with Crippen LogP contribution in [0.5, 0.6) is 0 Å². The maximum Gasteiger partial charge on any atom is 0.348 e. The largest absolute Gasteiger partial charge is 0.462 e. The van der Waals surface area contributed by atoms with Gasteiger partial charge in [0, 0.05) is 18.3 Å². The van der Waals surface area contributed by atoms with Crippen LogP contribution in [-0.4, -0.2) is 49.0 Å². The lowest BCUT2D eigenvalue weighted by Gasteiger charge is -2.32. The van der Waals surface area contributed by atoms with E-state index in [4.69, 9.17) is 14.2 Å². The number of rotatable bonds is 3. The first-order chi connectivity index (χ1) is 11.1. The van der Waals surface area contributed by atoms with E-state index in [1.807, 2.05) is 11.8 Å². The minimum Gasteiger partial charge on any atom is -0.462 e. The average Bonchev–Trinajstić information content (AvgIpc) is 2.55. The molecule has 23 heavy (non-hydrogen) atoms. The van der Waals surface area contributed by atoms with Crippen molar-refractivity contribution >= 4 is 17.7 Å². The first-order valence-electron chi connectivity index (χ1n) is 7.75. The fourth-order valence-electron chi connectivity index (χ4n) is 2.46. The summed E-state index contributed by atoms with van der Waals surface area (Å²) in [5, 5.41) is 9.59. The summed E-state index contributed by atoms with van der Waals surface area (Å²) in [6.07, 6.45) is 0.546. The van der Waals surface area contributed by atoms with E-state index in [1.54, 1.807) is 13.8 Å². The quantitative estimate of drug-likeness (QED) is 0.732. The summed E-state index contributed by atoms with van der Waals surface area (Å²) < 4.78 is 16.4. The van der Waals surface area contributed by atoms with E-state index in [9.17, 15) is 10.1 Å². The van der Waals surface area contributed by atoms with E-state index in [0.717, 1.165) is 0 Å². The molecule has 7 heteroatoms. The van der Waals surface area contributed by atoms with Crippen molar-refractivity contribution in [3.05, 3.63) is 22.1 Å². The Morgan fingerprint density at radius 2 is 2.17 bits per heavy atom. The molecule has 2 aliphatic rings.